The van der Waals surface area contributed by atoms with E-state index in [0.717, 1.165) is 11.3 Å². The van der Waals surface area contributed by atoms with Crippen LogP contribution in [0.25, 0.3) is 10.4 Å². The van der Waals surface area contributed by atoms with Crippen molar-refractivity contribution in [1.82, 2.24) is 0 Å². The third kappa shape index (κ3) is 4.83. The molecular weight excluding hydrogens is 312 g/mol. The number of rotatable bonds is 8. The zero-order valence-corrected chi connectivity index (χ0v) is 14.0. The summed E-state index contributed by atoms with van der Waals surface area (Å²) in [7, 11) is 1.63. The molecule has 0 amide bonds. The minimum absolute atomic E-state index is 0.298. The lowest BCUT2D eigenvalue weighted by Crippen LogP contribution is -2.57. The fraction of sp³-hybridized carbons (Fsp3) is 0.625. The molecule has 1 fully saturated rings. The molecule has 0 aromatic heterocycles. The molecule has 2 N–H and O–H groups in total. The van der Waals surface area contributed by atoms with Gasteiger partial charge >= 0.3 is 0 Å². The van der Waals surface area contributed by atoms with Crippen LogP contribution in [-0.2, 0) is 20.8 Å². The smallest absolute Gasteiger partial charge is 0.118 e. The molecule has 2 rings (SSSR count). The second-order valence-electron chi connectivity index (χ2n) is 5.51. The van der Waals surface area contributed by atoms with Crippen molar-refractivity contribution in [2.45, 2.75) is 37.8 Å². The molecule has 132 valence electrons. The van der Waals surface area contributed by atoms with Crippen molar-refractivity contribution < 1.29 is 18.9 Å². The highest BCUT2D eigenvalue weighted by atomic mass is 16.5. The van der Waals surface area contributed by atoms with Gasteiger partial charge in [-0.1, -0.05) is 17.2 Å². The average Bonchev–Trinajstić information content (AvgIpc) is 2.60. The van der Waals surface area contributed by atoms with E-state index in [1.807, 2.05) is 31.2 Å². The molecule has 8 heteroatoms. The molecule has 1 heterocycles. The van der Waals surface area contributed by atoms with E-state index in [4.69, 9.17) is 30.2 Å². The summed E-state index contributed by atoms with van der Waals surface area (Å²) in [6.07, 6.45) is -0.746. The zero-order valence-electron chi connectivity index (χ0n) is 14.0. The Morgan fingerprint density at radius 2 is 2.12 bits per heavy atom. The van der Waals surface area contributed by atoms with Gasteiger partial charge in [0, 0.05) is 11.5 Å². The quantitative estimate of drug-likeness (QED) is 0.443. The lowest BCUT2D eigenvalue weighted by Gasteiger charge is -2.38. The summed E-state index contributed by atoms with van der Waals surface area (Å²) in [6.45, 7) is 3.45. The van der Waals surface area contributed by atoms with Crippen LogP contribution in [0.5, 0.6) is 5.75 Å². The number of methoxy groups -OCH3 is 1. The first-order chi connectivity index (χ1) is 11.7. The van der Waals surface area contributed by atoms with Crippen LogP contribution in [0.2, 0.25) is 0 Å². The first-order valence-corrected chi connectivity index (χ1v) is 7.93. The topological polar surface area (TPSA) is 112 Å². The number of azide groups is 1. The highest BCUT2D eigenvalue weighted by molar-refractivity contribution is 5.26. The third-order valence-corrected chi connectivity index (χ3v) is 3.90. The van der Waals surface area contributed by atoms with Crippen LogP contribution in [0.4, 0.5) is 0 Å². The average molecular weight is 336 g/mol. The standard InChI is InChI=1S/C16H24N4O4/c1-3-23-16-13(17)9-24-14(15(16)19-20-18)10-22-8-11-4-6-12(21-2)7-5-11/h4-7,13-16H,3,8-10,17H2,1-2H3. The van der Waals surface area contributed by atoms with Crippen LogP contribution >= 0.6 is 0 Å². The van der Waals surface area contributed by atoms with E-state index >= 15 is 0 Å². The van der Waals surface area contributed by atoms with Gasteiger partial charge in [0.15, 0.2) is 0 Å². The minimum atomic E-state index is -0.505. The molecule has 1 aromatic carbocycles. The number of nitrogens with zero attached hydrogens (tertiary/aromatic N) is 3. The van der Waals surface area contributed by atoms with Crippen molar-refractivity contribution in [3.63, 3.8) is 0 Å². The molecule has 1 aromatic rings. The summed E-state index contributed by atoms with van der Waals surface area (Å²) in [5.41, 5.74) is 15.8. The highest BCUT2D eigenvalue weighted by Crippen LogP contribution is 2.22. The third-order valence-electron chi connectivity index (χ3n) is 3.90. The van der Waals surface area contributed by atoms with Gasteiger partial charge < -0.3 is 24.7 Å². The molecule has 0 radical (unpaired) electrons. The van der Waals surface area contributed by atoms with E-state index in [2.05, 4.69) is 10.0 Å². The highest BCUT2D eigenvalue weighted by Gasteiger charge is 2.39. The Morgan fingerprint density at radius 1 is 1.38 bits per heavy atom. The Labute approximate surface area is 141 Å². The molecule has 1 aliphatic heterocycles. The Balaban J connectivity index is 1.92. The molecule has 1 aliphatic rings. The molecule has 0 bridgehead atoms. The van der Waals surface area contributed by atoms with E-state index in [9.17, 15) is 0 Å². The van der Waals surface area contributed by atoms with E-state index in [-0.39, 0.29) is 18.2 Å². The molecule has 4 unspecified atom stereocenters. The molecule has 0 saturated carbocycles. The number of benzene rings is 1. The van der Waals surface area contributed by atoms with Crippen LogP contribution in [0.15, 0.2) is 29.4 Å². The van der Waals surface area contributed by atoms with Crippen LogP contribution in [0.3, 0.4) is 0 Å². The molecule has 0 aliphatic carbocycles. The van der Waals surface area contributed by atoms with Crippen molar-refractivity contribution >= 4 is 0 Å². The Hall–Kier alpha value is -1.83. The maximum absolute atomic E-state index is 8.82. The van der Waals surface area contributed by atoms with Gasteiger partial charge in [-0.25, -0.2) is 0 Å². The predicted molar refractivity (Wildman–Crippen MR) is 88.7 cm³/mol. The molecule has 4 atom stereocenters. The van der Waals surface area contributed by atoms with Gasteiger partial charge in [0.1, 0.15) is 5.75 Å². The summed E-state index contributed by atoms with van der Waals surface area (Å²) >= 11 is 0. The number of ether oxygens (including phenoxy) is 4. The number of hydrogen-bond donors (Lipinski definition) is 1. The van der Waals surface area contributed by atoms with Crippen molar-refractivity contribution in [2.75, 3.05) is 26.9 Å². The normalized spacial score (nSPS) is 26.6. The lowest BCUT2D eigenvalue weighted by atomic mass is 9.96. The fourth-order valence-corrected chi connectivity index (χ4v) is 2.67. The predicted octanol–water partition coefficient (Wildman–Crippen LogP) is 2.02. The number of hydrogen-bond acceptors (Lipinski definition) is 6. The lowest BCUT2D eigenvalue weighted by molar-refractivity contribution is -0.120. The second-order valence-corrected chi connectivity index (χ2v) is 5.51. The van der Waals surface area contributed by atoms with Gasteiger partial charge in [0.2, 0.25) is 0 Å². The summed E-state index contributed by atoms with van der Waals surface area (Å²) < 4.78 is 22.2. The SMILES string of the molecule is CCOC1C(N)COC(COCc2ccc(OC)cc2)C1N=[N+]=[N-]. The van der Waals surface area contributed by atoms with Crippen LogP contribution in [0.1, 0.15) is 12.5 Å². The monoisotopic (exact) mass is 336 g/mol. The van der Waals surface area contributed by atoms with Crippen molar-refractivity contribution in [2.24, 2.45) is 10.8 Å². The Kier molecular flexibility index (Phi) is 7.30. The van der Waals surface area contributed by atoms with Crippen LogP contribution < -0.4 is 10.5 Å². The van der Waals surface area contributed by atoms with Gasteiger partial charge in [-0.2, -0.15) is 0 Å². The van der Waals surface area contributed by atoms with E-state index in [0.29, 0.717) is 26.4 Å². The first-order valence-electron chi connectivity index (χ1n) is 7.93. The molecule has 8 nitrogen and oxygen atoms in total. The largest absolute Gasteiger partial charge is 0.497 e. The van der Waals surface area contributed by atoms with E-state index in [1.54, 1.807) is 7.11 Å². The maximum atomic E-state index is 8.82. The minimum Gasteiger partial charge on any atom is -0.497 e. The van der Waals surface area contributed by atoms with Crippen molar-refractivity contribution in [3.05, 3.63) is 40.3 Å². The molecule has 0 spiro atoms. The van der Waals surface area contributed by atoms with Crippen LogP contribution in [0, 0.1) is 0 Å². The Morgan fingerprint density at radius 3 is 2.75 bits per heavy atom. The summed E-state index contributed by atoms with van der Waals surface area (Å²) in [5, 5.41) is 3.82. The van der Waals surface area contributed by atoms with Gasteiger partial charge in [0.25, 0.3) is 0 Å². The summed E-state index contributed by atoms with van der Waals surface area (Å²) in [4.78, 5) is 2.90. The van der Waals surface area contributed by atoms with E-state index in [1.165, 1.54) is 0 Å². The summed E-state index contributed by atoms with van der Waals surface area (Å²) in [5.74, 6) is 0.798. The van der Waals surface area contributed by atoms with Gasteiger partial charge in [0.05, 0.1) is 51.2 Å². The summed E-state index contributed by atoms with van der Waals surface area (Å²) in [6, 6.07) is 6.80. The number of nitrogens with two attached hydrogens (primary N) is 1. The van der Waals surface area contributed by atoms with E-state index < -0.39 is 6.04 Å². The van der Waals surface area contributed by atoms with Crippen molar-refractivity contribution in [3.8, 4) is 5.75 Å². The molecule has 24 heavy (non-hydrogen) atoms. The second kappa shape index (κ2) is 9.46. The van der Waals surface area contributed by atoms with Gasteiger partial charge in [-0.3, -0.25) is 0 Å². The first kappa shape index (κ1) is 18.5. The molecular formula is C16H24N4O4. The van der Waals surface area contributed by atoms with Gasteiger partial charge in [-0.05, 0) is 30.2 Å². The van der Waals surface area contributed by atoms with Gasteiger partial charge in [-0.15, -0.1) is 0 Å². The van der Waals surface area contributed by atoms with Crippen molar-refractivity contribution in [1.29, 1.82) is 0 Å². The maximum Gasteiger partial charge on any atom is 0.118 e. The fourth-order valence-electron chi connectivity index (χ4n) is 2.67. The Bertz CT molecular complexity index is 548. The zero-order chi connectivity index (χ0) is 17.4. The molecule has 1 saturated heterocycles. The van der Waals surface area contributed by atoms with Crippen LogP contribution in [-0.4, -0.2) is 51.2 Å².